The summed E-state index contributed by atoms with van der Waals surface area (Å²) in [4.78, 5) is 44.1. The largest absolute Gasteiger partial charge is 0.416 e. The van der Waals surface area contributed by atoms with Gasteiger partial charge in [-0.2, -0.15) is 13.2 Å². The van der Waals surface area contributed by atoms with Gasteiger partial charge in [0.05, 0.1) is 11.6 Å². The lowest BCUT2D eigenvalue weighted by molar-refractivity contribution is -0.146. The van der Waals surface area contributed by atoms with Gasteiger partial charge in [0, 0.05) is 56.0 Å². The molecule has 2 aliphatic rings. The van der Waals surface area contributed by atoms with E-state index in [2.05, 4.69) is 0 Å². The minimum absolute atomic E-state index is 0.0768. The molecule has 2 aliphatic heterocycles. The number of aliphatic hydroxyl groups excluding tert-OH is 1. The van der Waals surface area contributed by atoms with Gasteiger partial charge in [-0.3, -0.25) is 14.4 Å². The van der Waals surface area contributed by atoms with E-state index >= 15 is 0 Å². The van der Waals surface area contributed by atoms with E-state index in [-0.39, 0.29) is 40.8 Å². The van der Waals surface area contributed by atoms with Gasteiger partial charge in [-0.1, -0.05) is 17.7 Å². The number of carbonyl (C=O) groups excluding carboxylic acids is 3. The summed E-state index contributed by atoms with van der Waals surface area (Å²) in [6.45, 7) is 4.06. The Morgan fingerprint density at radius 3 is 2.30 bits per heavy atom. The van der Waals surface area contributed by atoms with Gasteiger partial charge in [0.25, 0.3) is 0 Å². The SMILES string of the molecule is Cc1cc(F)ccc1[C@@H]1CN(C(=O)C2CCN(C(=O)CO)CC2)CC[C@H]1C(=O)N(C)C(C)c1cc(Cl)cc(C(F)(F)F)c1. The van der Waals surface area contributed by atoms with Crippen LogP contribution >= 0.6 is 11.6 Å². The van der Waals surface area contributed by atoms with Gasteiger partial charge in [-0.15, -0.1) is 0 Å². The highest BCUT2D eigenvalue weighted by Crippen LogP contribution is 2.39. The quantitative estimate of drug-likeness (QED) is 0.448. The molecule has 3 amide bonds. The fraction of sp³-hybridized carbons (Fsp3) is 0.516. The van der Waals surface area contributed by atoms with Crippen LogP contribution < -0.4 is 0 Å². The van der Waals surface area contributed by atoms with Crippen LogP contribution in [0.2, 0.25) is 5.02 Å². The average Bonchev–Trinajstić information content (AvgIpc) is 2.98. The molecule has 2 heterocycles. The molecular formula is C31H36ClF4N3O4. The molecule has 1 unspecified atom stereocenters. The molecule has 0 spiro atoms. The molecule has 0 aromatic heterocycles. The molecule has 0 bridgehead atoms. The van der Waals surface area contributed by atoms with Gasteiger partial charge < -0.3 is 19.8 Å². The predicted molar refractivity (Wildman–Crippen MR) is 153 cm³/mol. The van der Waals surface area contributed by atoms with Gasteiger partial charge in [0.15, 0.2) is 0 Å². The summed E-state index contributed by atoms with van der Waals surface area (Å²) in [7, 11) is 1.54. The third-order valence-electron chi connectivity index (χ3n) is 8.86. The molecule has 1 N–H and O–H groups in total. The van der Waals surface area contributed by atoms with Crippen LogP contribution in [0.3, 0.4) is 0 Å². The van der Waals surface area contributed by atoms with Crippen molar-refractivity contribution in [2.75, 3.05) is 39.8 Å². The maximum absolute atomic E-state index is 14.0. The van der Waals surface area contributed by atoms with Crippen molar-refractivity contribution in [2.45, 2.75) is 51.2 Å². The van der Waals surface area contributed by atoms with E-state index in [4.69, 9.17) is 16.7 Å². The van der Waals surface area contributed by atoms with E-state index < -0.39 is 42.0 Å². The lowest BCUT2D eigenvalue weighted by atomic mass is 9.77. The van der Waals surface area contributed by atoms with Crippen molar-refractivity contribution in [1.29, 1.82) is 0 Å². The van der Waals surface area contributed by atoms with E-state index in [0.717, 1.165) is 17.7 Å². The second-order valence-electron chi connectivity index (χ2n) is 11.5. The van der Waals surface area contributed by atoms with Crippen molar-refractivity contribution < 1.29 is 37.1 Å². The fourth-order valence-corrected chi connectivity index (χ4v) is 6.49. The van der Waals surface area contributed by atoms with Gasteiger partial charge in [-0.05, 0) is 80.1 Å². The van der Waals surface area contributed by atoms with Crippen LogP contribution in [0.25, 0.3) is 0 Å². The molecule has 234 valence electrons. The number of nitrogens with zero attached hydrogens (tertiary/aromatic N) is 3. The van der Waals surface area contributed by atoms with E-state index in [9.17, 15) is 31.9 Å². The molecule has 4 rings (SSSR count). The number of halogens is 5. The first-order valence-corrected chi connectivity index (χ1v) is 14.7. The first-order valence-electron chi connectivity index (χ1n) is 14.3. The molecule has 0 aliphatic carbocycles. The third-order valence-corrected chi connectivity index (χ3v) is 9.08. The summed E-state index contributed by atoms with van der Waals surface area (Å²) in [5.74, 6) is -2.55. The summed E-state index contributed by atoms with van der Waals surface area (Å²) in [5, 5.41) is 9.05. The lowest BCUT2D eigenvalue weighted by Crippen LogP contribution is -2.51. The van der Waals surface area contributed by atoms with Crippen molar-refractivity contribution >= 4 is 29.3 Å². The minimum Gasteiger partial charge on any atom is -0.387 e. The minimum atomic E-state index is -4.60. The average molecular weight is 626 g/mol. The van der Waals surface area contributed by atoms with Crippen LogP contribution in [0.4, 0.5) is 17.6 Å². The van der Waals surface area contributed by atoms with Crippen molar-refractivity contribution in [2.24, 2.45) is 11.8 Å². The Kier molecular flexibility index (Phi) is 10.1. The zero-order chi connectivity index (χ0) is 31.6. The molecule has 43 heavy (non-hydrogen) atoms. The van der Waals surface area contributed by atoms with Crippen LogP contribution in [0.5, 0.6) is 0 Å². The van der Waals surface area contributed by atoms with E-state index in [0.29, 0.717) is 44.5 Å². The number of hydrogen-bond donors (Lipinski definition) is 1. The molecule has 7 nitrogen and oxygen atoms in total. The van der Waals surface area contributed by atoms with Gasteiger partial charge in [-0.25, -0.2) is 4.39 Å². The molecule has 2 saturated heterocycles. The van der Waals surface area contributed by atoms with Crippen LogP contribution in [0.15, 0.2) is 36.4 Å². The monoisotopic (exact) mass is 625 g/mol. The lowest BCUT2D eigenvalue weighted by Gasteiger charge is -2.42. The first-order chi connectivity index (χ1) is 20.2. The van der Waals surface area contributed by atoms with Crippen molar-refractivity contribution in [3.8, 4) is 0 Å². The Balaban J connectivity index is 1.56. The van der Waals surface area contributed by atoms with E-state index in [1.807, 2.05) is 0 Å². The standard InChI is InChI=1S/C31H36ClF4N3O4/c1-18-12-24(33)4-5-25(18)27-16-39(29(42)20-6-9-38(10-7-20)28(41)17-40)11-8-26(27)30(43)37(3)19(2)21-13-22(31(34,35)36)15-23(32)14-21/h4-5,12-15,19-20,26-27,40H,6-11,16-17H2,1-3H3/t19?,26-,27+/m1/s1. The van der Waals surface area contributed by atoms with Crippen molar-refractivity contribution in [3.05, 3.63) is 69.5 Å². The van der Waals surface area contributed by atoms with Crippen LogP contribution in [0, 0.1) is 24.6 Å². The number of likely N-dealkylation sites (tertiary alicyclic amines) is 2. The summed E-state index contributed by atoms with van der Waals surface area (Å²) < 4.78 is 54.4. The highest BCUT2D eigenvalue weighted by Gasteiger charge is 2.41. The van der Waals surface area contributed by atoms with Gasteiger partial charge in [0.2, 0.25) is 17.7 Å². The molecule has 2 fully saturated rings. The maximum atomic E-state index is 14.0. The van der Waals surface area contributed by atoms with Crippen LogP contribution in [0.1, 0.15) is 60.4 Å². The number of aryl methyl sites for hydroxylation is 1. The normalized spacial score (nSPS) is 20.6. The smallest absolute Gasteiger partial charge is 0.387 e. The highest BCUT2D eigenvalue weighted by molar-refractivity contribution is 6.30. The zero-order valence-corrected chi connectivity index (χ0v) is 25.1. The second kappa shape index (κ2) is 13.2. The number of piperidine rings is 2. The Labute approximate surface area is 253 Å². The molecule has 3 atom stereocenters. The third kappa shape index (κ3) is 7.32. The van der Waals surface area contributed by atoms with E-state index in [1.54, 1.807) is 24.8 Å². The van der Waals surface area contributed by atoms with Crippen LogP contribution in [-0.2, 0) is 20.6 Å². The van der Waals surface area contributed by atoms with Crippen molar-refractivity contribution in [1.82, 2.24) is 14.7 Å². The zero-order valence-electron chi connectivity index (χ0n) is 24.3. The fourth-order valence-electron chi connectivity index (χ4n) is 6.25. The molecule has 2 aromatic rings. The van der Waals surface area contributed by atoms with Crippen LogP contribution in [-0.4, -0.2) is 77.4 Å². The predicted octanol–water partition coefficient (Wildman–Crippen LogP) is 5.19. The Morgan fingerprint density at radius 1 is 1.05 bits per heavy atom. The number of rotatable bonds is 6. The number of benzene rings is 2. The first kappa shape index (κ1) is 32.7. The van der Waals surface area contributed by atoms with Gasteiger partial charge in [0.1, 0.15) is 12.4 Å². The maximum Gasteiger partial charge on any atom is 0.416 e. The number of carbonyl (C=O) groups is 3. The number of alkyl halides is 3. The Bertz CT molecular complexity index is 1360. The summed E-state index contributed by atoms with van der Waals surface area (Å²) in [5.41, 5.74) is 0.696. The molecule has 0 saturated carbocycles. The highest BCUT2D eigenvalue weighted by atomic mass is 35.5. The molecule has 2 aromatic carbocycles. The number of amides is 3. The molecule has 0 radical (unpaired) electrons. The topological polar surface area (TPSA) is 81.2 Å². The van der Waals surface area contributed by atoms with Gasteiger partial charge >= 0.3 is 6.18 Å². The van der Waals surface area contributed by atoms with E-state index in [1.165, 1.54) is 35.0 Å². The Hall–Kier alpha value is -3.18. The second-order valence-corrected chi connectivity index (χ2v) is 11.9. The summed E-state index contributed by atoms with van der Waals surface area (Å²) >= 11 is 6.01. The summed E-state index contributed by atoms with van der Waals surface area (Å²) in [6, 6.07) is 6.83. The molecular weight excluding hydrogens is 590 g/mol. The Morgan fingerprint density at radius 2 is 1.70 bits per heavy atom. The van der Waals surface area contributed by atoms with Crippen molar-refractivity contribution in [3.63, 3.8) is 0 Å². The molecule has 12 heteroatoms. The number of aliphatic hydroxyl groups is 1. The number of hydrogen-bond acceptors (Lipinski definition) is 4. The summed E-state index contributed by atoms with van der Waals surface area (Å²) in [6.07, 6.45) is -3.36.